The third-order valence-electron chi connectivity index (χ3n) is 1.82. The summed E-state index contributed by atoms with van der Waals surface area (Å²) in [6.07, 6.45) is -11.2. The Bertz CT molecular complexity index is 300. The molecule has 1 amide bonds. The summed E-state index contributed by atoms with van der Waals surface area (Å²) in [5, 5.41) is 1.56. The molecular weight excluding hydrogens is 286 g/mol. The maximum absolute atomic E-state index is 12.1. The first-order valence-electron chi connectivity index (χ1n) is 4.65. The molecule has 0 aliphatic heterocycles. The van der Waals surface area contributed by atoms with Crippen LogP contribution in [0.25, 0.3) is 0 Å². The number of halogens is 6. The molecule has 0 atom stereocenters. The lowest BCUT2D eigenvalue weighted by Gasteiger charge is -2.21. The van der Waals surface area contributed by atoms with Crippen LogP contribution in [0.3, 0.4) is 0 Å². The van der Waals surface area contributed by atoms with Gasteiger partial charge in [-0.2, -0.15) is 26.3 Å². The maximum Gasteiger partial charge on any atom is 0.409 e. The summed E-state index contributed by atoms with van der Waals surface area (Å²) in [6, 6.07) is 0. The number of nitrogens with two attached hydrogens (primary N) is 1. The molecule has 0 rings (SSSR count). The van der Waals surface area contributed by atoms with Crippen LogP contribution in [0.4, 0.5) is 26.3 Å². The van der Waals surface area contributed by atoms with E-state index < -0.39 is 24.2 Å². The van der Waals surface area contributed by atoms with Crippen LogP contribution in [0, 0.1) is 5.92 Å². The molecule has 0 spiro atoms. The third kappa shape index (κ3) is 6.03. The summed E-state index contributed by atoms with van der Waals surface area (Å²) in [4.78, 5) is 10.9. The van der Waals surface area contributed by atoms with E-state index in [0.29, 0.717) is 0 Å². The molecular formula is C8H10F6N2OS. The van der Waals surface area contributed by atoms with Gasteiger partial charge >= 0.3 is 12.4 Å². The van der Waals surface area contributed by atoms with Crippen molar-refractivity contribution in [2.45, 2.75) is 25.2 Å². The number of amides is 1. The largest absolute Gasteiger partial charge is 0.409 e. The highest BCUT2D eigenvalue weighted by Gasteiger charge is 2.60. The molecule has 0 unspecified atom stereocenters. The fourth-order valence-corrected chi connectivity index (χ4v) is 1.20. The highest BCUT2D eigenvalue weighted by atomic mass is 32.1. The molecule has 0 saturated heterocycles. The number of rotatable bonds is 5. The van der Waals surface area contributed by atoms with Gasteiger partial charge in [0.05, 0.1) is 4.99 Å². The second kappa shape index (κ2) is 6.21. The first-order chi connectivity index (χ1) is 7.96. The Morgan fingerprint density at radius 1 is 1.17 bits per heavy atom. The van der Waals surface area contributed by atoms with Gasteiger partial charge in [0, 0.05) is 6.54 Å². The van der Waals surface area contributed by atoms with Crippen molar-refractivity contribution in [3.8, 4) is 0 Å². The minimum absolute atomic E-state index is 0.0624. The Balaban J connectivity index is 4.47. The Morgan fingerprint density at radius 2 is 1.61 bits per heavy atom. The number of alkyl halides is 6. The number of hydrogen-bond acceptors (Lipinski definition) is 2. The van der Waals surface area contributed by atoms with E-state index in [-0.39, 0.29) is 24.4 Å². The third-order valence-corrected chi connectivity index (χ3v) is 2.02. The smallest absolute Gasteiger partial charge is 0.393 e. The van der Waals surface area contributed by atoms with Crippen molar-refractivity contribution in [2.75, 3.05) is 6.54 Å². The molecule has 0 aromatic heterocycles. The van der Waals surface area contributed by atoms with Gasteiger partial charge < -0.3 is 11.1 Å². The van der Waals surface area contributed by atoms with Crippen LogP contribution in [-0.4, -0.2) is 29.8 Å². The van der Waals surface area contributed by atoms with E-state index in [2.05, 4.69) is 12.2 Å². The fourth-order valence-electron chi connectivity index (χ4n) is 1.06. The van der Waals surface area contributed by atoms with Crippen molar-refractivity contribution in [1.29, 1.82) is 0 Å². The number of carbonyl (C=O) groups excluding carboxylic acids is 1. The summed E-state index contributed by atoms with van der Waals surface area (Å²) in [5.74, 6) is -6.15. The van der Waals surface area contributed by atoms with Crippen LogP contribution in [-0.2, 0) is 4.79 Å². The molecule has 0 aromatic rings. The molecule has 3 nitrogen and oxygen atoms in total. The van der Waals surface area contributed by atoms with Crippen molar-refractivity contribution < 1.29 is 31.1 Å². The maximum atomic E-state index is 12.1. The molecule has 10 heteroatoms. The molecule has 0 saturated carbocycles. The first-order valence-corrected chi connectivity index (χ1v) is 5.06. The molecule has 0 aliphatic rings. The van der Waals surface area contributed by atoms with Crippen molar-refractivity contribution in [1.82, 2.24) is 5.32 Å². The Hall–Kier alpha value is -1.06. The summed E-state index contributed by atoms with van der Waals surface area (Å²) in [6.45, 7) is -0.362. The number of hydrogen-bond donors (Lipinski definition) is 2. The molecule has 3 N–H and O–H groups in total. The lowest BCUT2D eigenvalue weighted by molar-refractivity contribution is -0.274. The van der Waals surface area contributed by atoms with E-state index in [1.165, 1.54) is 0 Å². The minimum Gasteiger partial charge on any atom is -0.393 e. The molecule has 18 heavy (non-hydrogen) atoms. The Morgan fingerprint density at radius 3 is 1.94 bits per heavy atom. The fraction of sp³-hybridized carbons (Fsp3) is 0.750. The van der Waals surface area contributed by atoms with Gasteiger partial charge in [0.25, 0.3) is 0 Å². The molecule has 0 radical (unpaired) electrons. The van der Waals surface area contributed by atoms with Crippen LogP contribution in [0.2, 0.25) is 0 Å². The molecule has 0 fully saturated rings. The molecule has 0 aromatic carbocycles. The van der Waals surface area contributed by atoms with Gasteiger partial charge in [-0.3, -0.25) is 4.79 Å². The van der Waals surface area contributed by atoms with Gasteiger partial charge in [0.15, 0.2) is 0 Å². The van der Waals surface area contributed by atoms with E-state index in [0.717, 1.165) is 0 Å². The van der Waals surface area contributed by atoms with Crippen molar-refractivity contribution in [3.05, 3.63) is 0 Å². The van der Waals surface area contributed by atoms with Crippen LogP contribution in [0.15, 0.2) is 0 Å². The lowest BCUT2D eigenvalue weighted by atomic mass is 10.1. The van der Waals surface area contributed by atoms with Gasteiger partial charge in [-0.25, -0.2) is 0 Å². The topological polar surface area (TPSA) is 55.1 Å². The predicted octanol–water partition coefficient (Wildman–Crippen LogP) is 1.91. The van der Waals surface area contributed by atoms with E-state index in [4.69, 9.17) is 5.73 Å². The first kappa shape index (κ1) is 16.9. The summed E-state index contributed by atoms with van der Waals surface area (Å²) >= 11 is 4.45. The second-order valence-electron chi connectivity index (χ2n) is 3.38. The quantitative estimate of drug-likeness (QED) is 0.463. The van der Waals surface area contributed by atoms with Gasteiger partial charge in [0.1, 0.15) is 0 Å². The van der Waals surface area contributed by atoms with Crippen LogP contribution in [0.1, 0.15) is 12.8 Å². The van der Waals surface area contributed by atoms with Gasteiger partial charge in [-0.1, -0.05) is 12.2 Å². The molecule has 0 heterocycles. The predicted molar refractivity (Wildman–Crippen MR) is 54.6 cm³/mol. The lowest BCUT2D eigenvalue weighted by Crippen LogP contribution is -2.48. The highest BCUT2D eigenvalue weighted by molar-refractivity contribution is 7.80. The molecule has 106 valence electrons. The van der Waals surface area contributed by atoms with Crippen molar-refractivity contribution >= 4 is 23.1 Å². The van der Waals surface area contributed by atoms with E-state index in [1.807, 2.05) is 0 Å². The Labute approximate surface area is 104 Å². The minimum atomic E-state index is -5.68. The summed E-state index contributed by atoms with van der Waals surface area (Å²) < 4.78 is 72.5. The van der Waals surface area contributed by atoms with Crippen molar-refractivity contribution in [3.63, 3.8) is 0 Å². The zero-order valence-corrected chi connectivity index (χ0v) is 9.68. The van der Waals surface area contributed by atoms with E-state index in [1.54, 1.807) is 5.32 Å². The number of nitrogens with one attached hydrogen (secondary N) is 1. The average Bonchev–Trinajstić information content (AvgIpc) is 2.06. The van der Waals surface area contributed by atoms with Gasteiger partial charge in [0.2, 0.25) is 11.8 Å². The SMILES string of the molecule is NC(=S)CCCNC(=O)C(C(F)(F)F)C(F)(F)F. The zero-order valence-electron chi connectivity index (χ0n) is 8.86. The second-order valence-corrected chi connectivity index (χ2v) is 3.90. The van der Waals surface area contributed by atoms with Crippen LogP contribution < -0.4 is 11.1 Å². The van der Waals surface area contributed by atoms with Crippen LogP contribution in [0.5, 0.6) is 0 Å². The standard InChI is InChI=1S/C8H10F6N2OS/c9-7(10,11)5(8(12,13)14)6(17)16-3-1-2-4(15)18/h5H,1-3H2,(H2,15,18)(H,16,17). The Kier molecular flexibility index (Phi) is 5.84. The normalized spacial score (nSPS) is 12.6. The van der Waals surface area contributed by atoms with Crippen molar-refractivity contribution in [2.24, 2.45) is 11.7 Å². The van der Waals surface area contributed by atoms with Crippen LogP contribution >= 0.6 is 12.2 Å². The summed E-state index contributed by atoms with van der Waals surface area (Å²) in [7, 11) is 0. The summed E-state index contributed by atoms with van der Waals surface area (Å²) in [5.41, 5.74) is 5.07. The molecule has 0 aliphatic carbocycles. The number of carbonyl (C=O) groups is 1. The van der Waals surface area contributed by atoms with E-state index in [9.17, 15) is 31.1 Å². The molecule has 0 bridgehead atoms. The number of thiocarbonyl (C=S) groups is 1. The highest BCUT2D eigenvalue weighted by Crippen LogP contribution is 2.39. The monoisotopic (exact) mass is 296 g/mol. The van der Waals surface area contributed by atoms with E-state index >= 15 is 0 Å². The average molecular weight is 296 g/mol. The zero-order chi connectivity index (χ0) is 14.6. The van der Waals surface area contributed by atoms with Gasteiger partial charge in [-0.05, 0) is 12.8 Å². The van der Waals surface area contributed by atoms with Gasteiger partial charge in [-0.15, -0.1) is 0 Å².